The number of terminal acetylenes is 1. The molecule has 3 nitrogen and oxygen atoms in total. The fourth-order valence-electron chi connectivity index (χ4n) is 0.623. The number of hydrogen-bond donors (Lipinski definition) is 0. The van der Waals surface area contributed by atoms with Crippen molar-refractivity contribution in [3.8, 4) is 18.4 Å². The number of hydrogen-bond acceptors (Lipinski definition) is 3. The Labute approximate surface area is 76.9 Å². The molecule has 0 aliphatic carbocycles. The highest BCUT2D eigenvalue weighted by molar-refractivity contribution is 7.96. The van der Waals surface area contributed by atoms with E-state index in [1.165, 1.54) is 16.3 Å². The van der Waals surface area contributed by atoms with E-state index in [1.54, 1.807) is 6.26 Å². The minimum absolute atomic E-state index is 0.0815. The second-order valence-electron chi connectivity index (χ2n) is 1.98. The van der Waals surface area contributed by atoms with Crippen LogP contribution >= 0.6 is 11.9 Å². The van der Waals surface area contributed by atoms with E-state index in [4.69, 9.17) is 11.7 Å². The topological polar surface area (TPSA) is 44.1 Å². The van der Waals surface area contributed by atoms with E-state index in [0.29, 0.717) is 12.8 Å². The van der Waals surface area contributed by atoms with Crippen LogP contribution in [-0.4, -0.2) is 23.0 Å². The van der Waals surface area contributed by atoms with Gasteiger partial charge in [-0.3, -0.25) is 9.10 Å². The summed E-state index contributed by atoms with van der Waals surface area (Å²) in [5.41, 5.74) is 0. The average Bonchev–Trinajstić information content (AvgIpc) is 2.10. The van der Waals surface area contributed by atoms with Crippen LogP contribution in [0.1, 0.15) is 12.8 Å². The Balaban J connectivity index is 3.89. The highest BCUT2D eigenvalue weighted by Gasteiger charge is 2.10. The normalized spacial score (nSPS) is 8.25. The molecule has 0 fully saturated rings. The van der Waals surface area contributed by atoms with Gasteiger partial charge in [0.15, 0.2) is 0 Å². The third kappa shape index (κ3) is 3.90. The molecule has 64 valence electrons. The summed E-state index contributed by atoms with van der Waals surface area (Å²) in [4.78, 5) is 11.2. The van der Waals surface area contributed by atoms with Gasteiger partial charge in [-0.2, -0.15) is 5.26 Å². The van der Waals surface area contributed by atoms with E-state index in [9.17, 15) is 4.79 Å². The zero-order valence-electron chi connectivity index (χ0n) is 6.91. The summed E-state index contributed by atoms with van der Waals surface area (Å²) in [6.07, 6.45) is 7.51. The molecule has 1 amide bonds. The Kier molecular flexibility index (Phi) is 5.95. The third-order valence-electron chi connectivity index (χ3n) is 1.20. The molecule has 0 atom stereocenters. The van der Waals surface area contributed by atoms with E-state index in [2.05, 4.69) is 5.92 Å². The van der Waals surface area contributed by atoms with Gasteiger partial charge in [0.2, 0.25) is 5.91 Å². The second-order valence-corrected chi connectivity index (χ2v) is 2.78. The monoisotopic (exact) mass is 182 g/mol. The van der Waals surface area contributed by atoms with Crippen molar-refractivity contribution in [2.75, 3.05) is 12.8 Å². The predicted octanol–water partition coefficient (Wildman–Crippen LogP) is 1.03. The molecule has 0 aromatic rings. The molecule has 0 heterocycles. The van der Waals surface area contributed by atoms with Crippen molar-refractivity contribution in [2.45, 2.75) is 12.8 Å². The Bertz CT molecular complexity index is 226. The number of nitrogens with zero attached hydrogens (tertiary/aromatic N) is 2. The van der Waals surface area contributed by atoms with Crippen LogP contribution in [0.3, 0.4) is 0 Å². The smallest absolute Gasteiger partial charge is 0.234 e. The van der Waals surface area contributed by atoms with Crippen molar-refractivity contribution >= 4 is 17.9 Å². The predicted molar refractivity (Wildman–Crippen MR) is 48.9 cm³/mol. The Morgan fingerprint density at radius 3 is 2.83 bits per heavy atom. The van der Waals surface area contributed by atoms with Gasteiger partial charge in [-0.15, -0.1) is 12.3 Å². The summed E-state index contributed by atoms with van der Waals surface area (Å²) in [5, 5.41) is 8.34. The van der Waals surface area contributed by atoms with Gasteiger partial charge in [0, 0.05) is 19.1 Å². The molecule has 0 rings (SSSR count). The lowest BCUT2D eigenvalue weighted by atomic mass is 10.3. The van der Waals surface area contributed by atoms with Gasteiger partial charge in [0.25, 0.3) is 0 Å². The van der Waals surface area contributed by atoms with Crippen molar-refractivity contribution in [1.82, 2.24) is 4.31 Å². The summed E-state index contributed by atoms with van der Waals surface area (Å²) < 4.78 is 1.40. The molecule has 0 N–H and O–H groups in total. The SMILES string of the molecule is C#CCCC(=O)N(CC#N)SC. The molecule has 0 radical (unpaired) electrons. The number of carbonyl (C=O) groups excluding carboxylic acids is 1. The maximum absolute atomic E-state index is 11.2. The zero-order valence-corrected chi connectivity index (χ0v) is 7.73. The summed E-state index contributed by atoms with van der Waals surface area (Å²) in [5.74, 6) is 2.30. The minimum atomic E-state index is -0.0815. The van der Waals surface area contributed by atoms with Gasteiger partial charge < -0.3 is 0 Å². The third-order valence-corrected chi connectivity index (χ3v) is 1.97. The van der Waals surface area contributed by atoms with Crippen molar-refractivity contribution in [1.29, 1.82) is 5.26 Å². The van der Waals surface area contributed by atoms with Gasteiger partial charge in [-0.1, -0.05) is 0 Å². The van der Waals surface area contributed by atoms with Crippen LogP contribution in [0.4, 0.5) is 0 Å². The lowest BCUT2D eigenvalue weighted by molar-refractivity contribution is -0.125. The van der Waals surface area contributed by atoms with E-state index in [1.807, 2.05) is 6.07 Å². The fraction of sp³-hybridized carbons (Fsp3) is 0.500. The van der Waals surface area contributed by atoms with E-state index < -0.39 is 0 Å². The molecule has 0 saturated carbocycles. The molecule has 0 bridgehead atoms. The van der Waals surface area contributed by atoms with Crippen molar-refractivity contribution in [3.05, 3.63) is 0 Å². The molecule has 0 aromatic heterocycles. The lowest BCUT2D eigenvalue weighted by Crippen LogP contribution is -2.23. The van der Waals surface area contributed by atoms with Crippen molar-refractivity contribution < 1.29 is 4.79 Å². The highest BCUT2D eigenvalue weighted by atomic mass is 32.2. The first-order chi connectivity index (χ1) is 5.76. The number of nitriles is 1. The maximum Gasteiger partial charge on any atom is 0.234 e. The van der Waals surface area contributed by atoms with Crippen molar-refractivity contribution in [3.63, 3.8) is 0 Å². The second kappa shape index (κ2) is 6.57. The lowest BCUT2D eigenvalue weighted by Gasteiger charge is -2.14. The molecule has 0 unspecified atom stereocenters. The Morgan fingerprint density at radius 2 is 2.42 bits per heavy atom. The highest BCUT2D eigenvalue weighted by Crippen LogP contribution is 2.07. The zero-order chi connectivity index (χ0) is 9.40. The molecular weight excluding hydrogens is 172 g/mol. The molecule has 0 saturated heterocycles. The summed E-state index contributed by atoms with van der Waals surface area (Å²) in [6, 6.07) is 1.91. The van der Waals surface area contributed by atoms with Gasteiger partial charge in [-0.25, -0.2) is 0 Å². The quantitative estimate of drug-likeness (QED) is 0.370. The van der Waals surface area contributed by atoms with Crippen molar-refractivity contribution in [2.24, 2.45) is 0 Å². The van der Waals surface area contributed by atoms with E-state index in [-0.39, 0.29) is 12.5 Å². The van der Waals surface area contributed by atoms with E-state index >= 15 is 0 Å². The Hall–Kier alpha value is -1.13. The fourth-order valence-corrected chi connectivity index (χ4v) is 1.10. The summed E-state index contributed by atoms with van der Waals surface area (Å²) >= 11 is 1.25. The van der Waals surface area contributed by atoms with Crippen LogP contribution in [0.2, 0.25) is 0 Å². The van der Waals surface area contributed by atoms with Gasteiger partial charge in [-0.05, 0) is 11.9 Å². The average molecular weight is 182 g/mol. The van der Waals surface area contributed by atoms with Gasteiger partial charge >= 0.3 is 0 Å². The molecule has 0 aromatic carbocycles. The van der Waals surface area contributed by atoms with Crippen LogP contribution in [0.5, 0.6) is 0 Å². The molecule has 12 heavy (non-hydrogen) atoms. The summed E-state index contributed by atoms with van der Waals surface area (Å²) in [6.45, 7) is 0.116. The van der Waals surface area contributed by atoms with Crippen LogP contribution in [-0.2, 0) is 4.79 Å². The van der Waals surface area contributed by atoms with Crippen LogP contribution in [0.15, 0.2) is 0 Å². The van der Waals surface area contributed by atoms with Crippen LogP contribution < -0.4 is 0 Å². The standard InChI is InChI=1S/C8H10N2OS/c1-3-4-5-8(11)10(12-2)7-6-9/h1H,4-5,7H2,2H3. The van der Waals surface area contributed by atoms with Gasteiger partial charge in [0.05, 0.1) is 6.07 Å². The molecular formula is C8H10N2OS. The molecule has 4 heteroatoms. The molecule has 0 spiro atoms. The largest absolute Gasteiger partial charge is 0.274 e. The molecule has 0 aliphatic heterocycles. The Morgan fingerprint density at radius 1 is 1.75 bits per heavy atom. The van der Waals surface area contributed by atoms with Crippen LogP contribution in [0, 0.1) is 23.7 Å². The molecule has 0 aliphatic rings. The maximum atomic E-state index is 11.2. The van der Waals surface area contributed by atoms with Crippen LogP contribution in [0.25, 0.3) is 0 Å². The minimum Gasteiger partial charge on any atom is -0.274 e. The summed E-state index contributed by atoms with van der Waals surface area (Å²) in [7, 11) is 0. The number of carbonyl (C=O) groups is 1. The first kappa shape index (κ1) is 10.9. The van der Waals surface area contributed by atoms with E-state index in [0.717, 1.165) is 0 Å². The first-order valence-corrected chi connectivity index (χ1v) is 4.59. The van der Waals surface area contributed by atoms with Gasteiger partial charge in [0.1, 0.15) is 6.54 Å². The number of rotatable bonds is 4. The number of amides is 1. The first-order valence-electron chi connectivity index (χ1n) is 3.41.